The lowest BCUT2D eigenvalue weighted by Crippen LogP contribution is -2.22. The van der Waals surface area contributed by atoms with Crippen LogP contribution in [0, 0.1) is 6.92 Å². The van der Waals surface area contributed by atoms with Crippen LogP contribution in [0.2, 0.25) is 0 Å². The van der Waals surface area contributed by atoms with Crippen molar-refractivity contribution in [2.24, 2.45) is 0 Å². The third-order valence-electron chi connectivity index (χ3n) is 3.39. The summed E-state index contributed by atoms with van der Waals surface area (Å²) in [6.45, 7) is 4.59. The topological polar surface area (TPSA) is 59.5 Å². The maximum atomic E-state index is 5.22. The first-order valence-corrected chi connectivity index (χ1v) is 6.56. The standard InChI is InChI=1S/C14H17N5O/c1-10(14-15-11(2)17-20-14)18(3)8-12-9-19-7-5-4-6-13(19)16-12/h4-7,9-10H,8H2,1-3H3/t10-/m0/s1. The number of aryl methyl sites for hydroxylation is 1. The molecule has 20 heavy (non-hydrogen) atoms. The highest BCUT2D eigenvalue weighted by Crippen LogP contribution is 2.18. The summed E-state index contributed by atoms with van der Waals surface area (Å²) in [4.78, 5) is 11.0. The molecule has 0 aliphatic rings. The molecule has 0 radical (unpaired) electrons. The van der Waals surface area contributed by atoms with Gasteiger partial charge < -0.3 is 8.92 Å². The van der Waals surface area contributed by atoms with Crippen LogP contribution in [-0.4, -0.2) is 31.5 Å². The van der Waals surface area contributed by atoms with Gasteiger partial charge in [0.1, 0.15) is 5.65 Å². The average Bonchev–Trinajstić information content (AvgIpc) is 3.03. The van der Waals surface area contributed by atoms with E-state index in [1.165, 1.54) is 0 Å². The Morgan fingerprint density at radius 1 is 1.35 bits per heavy atom. The van der Waals surface area contributed by atoms with Crippen LogP contribution in [-0.2, 0) is 6.54 Å². The van der Waals surface area contributed by atoms with Gasteiger partial charge in [-0.25, -0.2) is 4.98 Å². The van der Waals surface area contributed by atoms with Crippen molar-refractivity contribution in [1.82, 2.24) is 24.4 Å². The molecule has 0 aliphatic carbocycles. The summed E-state index contributed by atoms with van der Waals surface area (Å²) in [5.74, 6) is 1.29. The van der Waals surface area contributed by atoms with E-state index in [1.807, 2.05) is 55.9 Å². The van der Waals surface area contributed by atoms with Crippen LogP contribution < -0.4 is 0 Å². The highest BCUT2D eigenvalue weighted by molar-refractivity contribution is 5.39. The first kappa shape index (κ1) is 12.8. The van der Waals surface area contributed by atoms with Gasteiger partial charge in [-0.05, 0) is 33.0 Å². The summed E-state index contributed by atoms with van der Waals surface area (Å²) >= 11 is 0. The van der Waals surface area contributed by atoms with Crippen molar-refractivity contribution in [2.45, 2.75) is 26.4 Å². The quantitative estimate of drug-likeness (QED) is 0.728. The summed E-state index contributed by atoms with van der Waals surface area (Å²) in [5.41, 5.74) is 1.97. The van der Waals surface area contributed by atoms with Crippen molar-refractivity contribution in [1.29, 1.82) is 0 Å². The zero-order valence-electron chi connectivity index (χ0n) is 11.8. The number of fused-ring (bicyclic) bond motifs is 1. The van der Waals surface area contributed by atoms with Crippen molar-refractivity contribution >= 4 is 5.65 Å². The predicted molar refractivity (Wildman–Crippen MR) is 74.1 cm³/mol. The Hall–Kier alpha value is -2.21. The third-order valence-corrected chi connectivity index (χ3v) is 3.39. The highest BCUT2D eigenvalue weighted by Gasteiger charge is 2.18. The van der Waals surface area contributed by atoms with Gasteiger partial charge in [-0.3, -0.25) is 4.90 Å². The molecular formula is C14H17N5O. The van der Waals surface area contributed by atoms with Crippen molar-refractivity contribution in [2.75, 3.05) is 7.05 Å². The Balaban J connectivity index is 1.76. The van der Waals surface area contributed by atoms with Gasteiger partial charge in [0.2, 0.25) is 5.89 Å². The van der Waals surface area contributed by atoms with Crippen LogP contribution in [0.1, 0.15) is 30.4 Å². The molecule has 0 saturated carbocycles. The number of nitrogens with zero attached hydrogens (tertiary/aromatic N) is 5. The van der Waals surface area contributed by atoms with Gasteiger partial charge in [0, 0.05) is 18.9 Å². The monoisotopic (exact) mass is 271 g/mol. The molecule has 3 aromatic rings. The number of pyridine rings is 1. The third kappa shape index (κ3) is 2.42. The summed E-state index contributed by atoms with van der Waals surface area (Å²) in [7, 11) is 2.02. The Kier molecular flexibility index (Phi) is 3.23. The van der Waals surface area contributed by atoms with Crippen molar-refractivity contribution in [3.8, 4) is 0 Å². The molecule has 0 N–H and O–H groups in total. The first-order valence-electron chi connectivity index (χ1n) is 6.56. The largest absolute Gasteiger partial charge is 0.338 e. The molecule has 0 aliphatic heterocycles. The molecular weight excluding hydrogens is 254 g/mol. The molecule has 0 bridgehead atoms. The van der Waals surface area contributed by atoms with E-state index in [2.05, 4.69) is 20.0 Å². The zero-order chi connectivity index (χ0) is 14.1. The van der Waals surface area contributed by atoms with E-state index in [9.17, 15) is 0 Å². The van der Waals surface area contributed by atoms with Crippen LogP contribution in [0.25, 0.3) is 5.65 Å². The van der Waals surface area contributed by atoms with Crippen LogP contribution in [0.5, 0.6) is 0 Å². The summed E-state index contributed by atoms with van der Waals surface area (Å²) < 4.78 is 7.23. The molecule has 104 valence electrons. The Morgan fingerprint density at radius 2 is 2.20 bits per heavy atom. The molecule has 0 fully saturated rings. The lowest BCUT2D eigenvalue weighted by Gasteiger charge is -2.20. The second-order valence-corrected chi connectivity index (χ2v) is 4.97. The summed E-state index contributed by atoms with van der Waals surface area (Å²) in [6, 6.07) is 6.03. The molecule has 1 atom stereocenters. The fourth-order valence-electron chi connectivity index (χ4n) is 2.13. The van der Waals surface area contributed by atoms with E-state index in [1.54, 1.807) is 0 Å². The van der Waals surface area contributed by atoms with Crippen LogP contribution in [0.3, 0.4) is 0 Å². The maximum Gasteiger partial charge on any atom is 0.243 e. The van der Waals surface area contributed by atoms with Crippen LogP contribution in [0.15, 0.2) is 35.1 Å². The SMILES string of the molecule is Cc1noc([C@H](C)N(C)Cc2cn3ccccc3n2)n1. The fourth-order valence-corrected chi connectivity index (χ4v) is 2.13. The van der Waals surface area contributed by atoms with E-state index in [4.69, 9.17) is 4.52 Å². The Labute approximate surface area is 117 Å². The number of aromatic nitrogens is 4. The molecule has 0 saturated heterocycles. The molecule has 3 aromatic heterocycles. The average molecular weight is 271 g/mol. The van der Waals surface area contributed by atoms with Crippen LogP contribution in [0.4, 0.5) is 0 Å². The van der Waals surface area contributed by atoms with E-state index in [0.717, 1.165) is 17.9 Å². The summed E-state index contributed by atoms with van der Waals surface area (Å²) in [6.07, 6.45) is 4.04. The predicted octanol–water partition coefficient (Wildman–Crippen LogP) is 2.22. The molecule has 6 nitrogen and oxygen atoms in total. The smallest absolute Gasteiger partial charge is 0.243 e. The molecule has 6 heteroatoms. The Morgan fingerprint density at radius 3 is 2.90 bits per heavy atom. The zero-order valence-corrected chi connectivity index (χ0v) is 11.8. The minimum Gasteiger partial charge on any atom is -0.338 e. The van der Waals surface area contributed by atoms with E-state index < -0.39 is 0 Å². The van der Waals surface area contributed by atoms with Gasteiger partial charge in [-0.1, -0.05) is 11.2 Å². The van der Waals surface area contributed by atoms with E-state index in [-0.39, 0.29) is 6.04 Å². The number of hydrogen-bond acceptors (Lipinski definition) is 5. The second-order valence-electron chi connectivity index (χ2n) is 4.97. The molecule has 3 heterocycles. The van der Waals surface area contributed by atoms with Gasteiger partial charge in [0.15, 0.2) is 5.82 Å². The van der Waals surface area contributed by atoms with Crippen molar-refractivity contribution in [3.05, 3.63) is 48.0 Å². The van der Waals surface area contributed by atoms with E-state index in [0.29, 0.717) is 11.7 Å². The second kappa shape index (κ2) is 5.05. The van der Waals surface area contributed by atoms with Gasteiger partial charge in [0.05, 0.1) is 11.7 Å². The van der Waals surface area contributed by atoms with Crippen LogP contribution >= 0.6 is 0 Å². The normalized spacial score (nSPS) is 13.2. The fraction of sp³-hybridized carbons (Fsp3) is 0.357. The molecule has 0 aromatic carbocycles. The highest BCUT2D eigenvalue weighted by atomic mass is 16.5. The molecule has 0 spiro atoms. The van der Waals surface area contributed by atoms with Gasteiger partial charge >= 0.3 is 0 Å². The number of hydrogen-bond donors (Lipinski definition) is 0. The van der Waals surface area contributed by atoms with Gasteiger partial charge in [0.25, 0.3) is 0 Å². The van der Waals surface area contributed by atoms with Gasteiger partial charge in [-0.2, -0.15) is 4.98 Å². The molecule has 3 rings (SSSR count). The van der Waals surface area contributed by atoms with Crippen molar-refractivity contribution in [3.63, 3.8) is 0 Å². The minimum absolute atomic E-state index is 0.0565. The summed E-state index contributed by atoms with van der Waals surface area (Å²) in [5, 5.41) is 3.83. The van der Waals surface area contributed by atoms with Gasteiger partial charge in [-0.15, -0.1) is 0 Å². The minimum atomic E-state index is 0.0565. The Bertz CT molecular complexity index is 684. The number of imidazole rings is 1. The van der Waals surface area contributed by atoms with Crippen molar-refractivity contribution < 1.29 is 4.52 Å². The lowest BCUT2D eigenvalue weighted by atomic mass is 10.3. The maximum absolute atomic E-state index is 5.22. The lowest BCUT2D eigenvalue weighted by molar-refractivity contribution is 0.201. The van der Waals surface area contributed by atoms with E-state index >= 15 is 0 Å². The number of rotatable bonds is 4. The first-order chi connectivity index (χ1) is 9.63. The molecule has 0 unspecified atom stereocenters. The molecule has 0 amide bonds.